The van der Waals surface area contributed by atoms with Crippen molar-refractivity contribution in [2.75, 3.05) is 5.32 Å². The SMILES string of the molecule is O=C(Nc1ccc(Cl)cc1)C(=Cc1ccccc1F)NC(=O)c1ccccc1. The number of carbonyl (C=O) groups excluding carboxylic acids is 2. The van der Waals surface area contributed by atoms with Gasteiger partial charge in [-0.2, -0.15) is 0 Å². The van der Waals surface area contributed by atoms with E-state index in [2.05, 4.69) is 10.6 Å². The minimum absolute atomic E-state index is 0.0890. The minimum atomic E-state index is -0.588. The molecule has 0 bridgehead atoms. The van der Waals surface area contributed by atoms with Gasteiger partial charge in [0, 0.05) is 21.8 Å². The van der Waals surface area contributed by atoms with Crippen molar-refractivity contribution in [2.45, 2.75) is 0 Å². The van der Waals surface area contributed by atoms with Gasteiger partial charge in [0.15, 0.2) is 0 Å². The van der Waals surface area contributed by atoms with Crippen molar-refractivity contribution < 1.29 is 14.0 Å². The molecular weight excluding hydrogens is 379 g/mol. The van der Waals surface area contributed by atoms with E-state index in [1.807, 2.05) is 0 Å². The highest BCUT2D eigenvalue weighted by Gasteiger charge is 2.15. The summed E-state index contributed by atoms with van der Waals surface area (Å²) in [6.45, 7) is 0. The van der Waals surface area contributed by atoms with Crippen molar-refractivity contribution in [3.05, 3.63) is 107 Å². The van der Waals surface area contributed by atoms with Crippen molar-refractivity contribution in [1.82, 2.24) is 5.32 Å². The Kier molecular flexibility index (Phi) is 6.19. The molecule has 140 valence electrons. The standard InChI is InChI=1S/C22H16ClFN2O2/c23-17-10-12-18(13-11-17)25-22(28)20(14-16-8-4-5-9-19(16)24)26-21(27)15-6-2-1-3-7-15/h1-14H,(H,25,28)(H,26,27). The van der Waals surface area contributed by atoms with Gasteiger partial charge in [0.25, 0.3) is 11.8 Å². The molecule has 2 N–H and O–H groups in total. The summed E-state index contributed by atoms with van der Waals surface area (Å²) in [5.74, 6) is -1.57. The monoisotopic (exact) mass is 394 g/mol. The third-order valence-electron chi connectivity index (χ3n) is 3.84. The molecular formula is C22H16ClFN2O2. The zero-order chi connectivity index (χ0) is 19.9. The maximum absolute atomic E-state index is 14.0. The number of halogens is 2. The largest absolute Gasteiger partial charge is 0.321 e. The number of rotatable bonds is 5. The molecule has 6 heteroatoms. The van der Waals surface area contributed by atoms with E-state index in [1.165, 1.54) is 18.2 Å². The van der Waals surface area contributed by atoms with Gasteiger partial charge in [-0.15, -0.1) is 0 Å². The number of anilines is 1. The summed E-state index contributed by atoms with van der Waals surface area (Å²) in [4.78, 5) is 25.2. The van der Waals surface area contributed by atoms with Crippen LogP contribution >= 0.6 is 11.6 Å². The molecule has 3 rings (SSSR count). The smallest absolute Gasteiger partial charge is 0.272 e. The van der Waals surface area contributed by atoms with Crippen molar-refractivity contribution in [3.8, 4) is 0 Å². The second kappa shape index (κ2) is 8.97. The van der Waals surface area contributed by atoms with E-state index < -0.39 is 17.6 Å². The Bertz CT molecular complexity index is 1020. The van der Waals surface area contributed by atoms with E-state index in [-0.39, 0.29) is 11.3 Å². The first-order valence-electron chi connectivity index (χ1n) is 8.42. The summed E-state index contributed by atoms with van der Waals surface area (Å²) >= 11 is 5.85. The van der Waals surface area contributed by atoms with Gasteiger partial charge >= 0.3 is 0 Å². The fourth-order valence-electron chi connectivity index (χ4n) is 2.42. The highest BCUT2D eigenvalue weighted by atomic mass is 35.5. The van der Waals surface area contributed by atoms with Crippen LogP contribution in [0.4, 0.5) is 10.1 Å². The van der Waals surface area contributed by atoms with E-state index in [1.54, 1.807) is 66.7 Å². The molecule has 0 aliphatic carbocycles. The quantitative estimate of drug-likeness (QED) is 0.605. The van der Waals surface area contributed by atoms with E-state index >= 15 is 0 Å². The molecule has 2 amide bonds. The van der Waals surface area contributed by atoms with Crippen LogP contribution in [-0.4, -0.2) is 11.8 Å². The van der Waals surface area contributed by atoms with Crippen LogP contribution in [0.2, 0.25) is 5.02 Å². The summed E-state index contributed by atoms with van der Waals surface area (Å²) < 4.78 is 14.0. The zero-order valence-corrected chi connectivity index (χ0v) is 15.4. The molecule has 0 aliphatic rings. The van der Waals surface area contributed by atoms with Gasteiger partial charge in [-0.3, -0.25) is 9.59 Å². The third-order valence-corrected chi connectivity index (χ3v) is 4.09. The topological polar surface area (TPSA) is 58.2 Å². The van der Waals surface area contributed by atoms with Crippen LogP contribution < -0.4 is 10.6 Å². The normalized spacial score (nSPS) is 11.0. The molecule has 0 atom stereocenters. The lowest BCUT2D eigenvalue weighted by molar-refractivity contribution is -0.113. The van der Waals surface area contributed by atoms with Crippen LogP contribution in [-0.2, 0) is 4.79 Å². The van der Waals surface area contributed by atoms with Crippen LogP contribution in [0.1, 0.15) is 15.9 Å². The lowest BCUT2D eigenvalue weighted by Gasteiger charge is -2.11. The van der Waals surface area contributed by atoms with Gasteiger partial charge < -0.3 is 10.6 Å². The van der Waals surface area contributed by atoms with E-state index in [4.69, 9.17) is 11.6 Å². The molecule has 0 aliphatic heterocycles. The number of benzene rings is 3. The number of nitrogens with one attached hydrogen (secondary N) is 2. The highest BCUT2D eigenvalue weighted by Crippen LogP contribution is 2.16. The summed E-state index contributed by atoms with van der Waals surface area (Å²) in [5, 5.41) is 5.75. The van der Waals surface area contributed by atoms with Crippen molar-refractivity contribution in [1.29, 1.82) is 0 Å². The average molecular weight is 395 g/mol. The molecule has 0 unspecified atom stereocenters. The fraction of sp³-hybridized carbons (Fsp3) is 0. The van der Waals surface area contributed by atoms with Gasteiger partial charge in [0.05, 0.1) is 0 Å². The molecule has 3 aromatic carbocycles. The molecule has 0 radical (unpaired) electrons. The number of hydrogen-bond acceptors (Lipinski definition) is 2. The second-order valence-electron chi connectivity index (χ2n) is 5.86. The Morgan fingerprint density at radius 2 is 1.50 bits per heavy atom. The first-order valence-corrected chi connectivity index (χ1v) is 8.80. The van der Waals surface area contributed by atoms with Crippen LogP contribution in [0.5, 0.6) is 0 Å². The Labute approximate surface area is 166 Å². The maximum atomic E-state index is 14.0. The first kappa shape index (κ1) is 19.3. The summed E-state index contributed by atoms with van der Waals surface area (Å²) in [5.41, 5.74) is 0.954. The Morgan fingerprint density at radius 3 is 2.18 bits per heavy atom. The van der Waals surface area contributed by atoms with Gasteiger partial charge in [0.1, 0.15) is 11.5 Å². The van der Waals surface area contributed by atoms with Crippen molar-refractivity contribution in [3.63, 3.8) is 0 Å². The Balaban J connectivity index is 1.89. The van der Waals surface area contributed by atoms with Gasteiger partial charge in [-0.1, -0.05) is 48.0 Å². The predicted octanol–water partition coefficient (Wildman–Crippen LogP) is 4.89. The van der Waals surface area contributed by atoms with E-state index in [9.17, 15) is 14.0 Å². The zero-order valence-electron chi connectivity index (χ0n) is 14.7. The molecule has 4 nitrogen and oxygen atoms in total. The van der Waals surface area contributed by atoms with Crippen LogP contribution in [0.3, 0.4) is 0 Å². The second-order valence-corrected chi connectivity index (χ2v) is 6.30. The van der Waals surface area contributed by atoms with E-state index in [0.717, 1.165) is 0 Å². The lowest BCUT2D eigenvalue weighted by Crippen LogP contribution is -2.30. The van der Waals surface area contributed by atoms with Crippen LogP contribution in [0.25, 0.3) is 6.08 Å². The maximum Gasteiger partial charge on any atom is 0.272 e. The average Bonchev–Trinajstić information content (AvgIpc) is 2.71. The van der Waals surface area contributed by atoms with Crippen molar-refractivity contribution >= 4 is 35.2 Å². The molecule has 0 saturated carbocycles. The number of amides is 2. The number of hydrogen-bond donors (Lipinski definition) is 2. The number of carbonyl (C=O) groups is 2. The highest BCUT2D eigenvalue weighted by molar-refractivity contribution is 6.30. The van der Waals surface area contributed by atoms with Crippen LogP contribution in [0, 0.1) is 5.82 Å². The first-order chi connectivity index (χ1) is 13.5. The Hall–Kier alpha value is -3.44. The van der Waals surface area contributed by atoms with Crippen molar-refractivity contribution in [2.24, 2.45) is 0 Å². The predicted molar refractivity (Wildman–Crippen MR) is 108 cm³/mol. The van der Waals surface area contributed by atoms with Crippen LogP contribution in [0.15, 0.2) is 84.6 Å². The van der Waals surface area contributed by atoms with Gasteiger partial charge in [0.2, 0.25) is 0 Å². The molecule has 28 heavy (non-hydrogen) atoms. The summed E-state index contributed by atoms with van der Waals surface area (Å²) in [6, 6.07) is 20.9. The Morgan fingerprint density at radius 1 is 0.857 bits per heavy atom. The summed E-state index contributed by atoms with van der Waals surface area (Å²) in [6.07, 6.45) is 1.29. The molecule has 3 aromatic rings. The molecule has 0 spiro atoms. The molecule has 0 fully saturated rings. The summed E-state index contributed by atoms with van der Waals surface area (Å²) in [7, 11) is 0. The van der Waals surface area contributed by atoms with Gasteiger partial charge in [-0.05, 0) is 48.5 Å². The lowest BCUT2D eigenvalue weighted by atomic mass is 10.1. The molecule has 0 heterocycles. The minimum Gasteiger partial charge on any atom is -0.321 e. The molecule has 0 aromatic heterocycles. The van der Waals surface area contributed by atoms with E-state index in [0.29, 0.717) is 16.3 Å². The van der Waals surface area contributed by atoms with Gasteiger partial charge in [-0.25, -0.2) is 4.39 Å². The fourth-order valence-corrected chi connectivity index (χ4v) is 2.55. The molecule has 0 saturated heterocycles. The third kappa shape index (κ3) is 5.05.